The van der Waals surface area contributed by atoms with Crippen LogP contribution >= 0.6 is 0 Å². The van der Waals surface area contributed by atoms with E-state index in [0.29, 0.717) is 26.1 Å². The van der Waals surface area contributed by atoms with Crippen LogP contribution in [0.1, 0.15) is 38.2 Å². The Hall–Kier alpha value is -2.22. The third-order valence-corrected chi connectivity index (χ3v) is 7.53. The number of methoxy groups -OCH3 is 1. The fraction of sp³-hybridized carbons (Fsp3) is 0.600. The summed E-state index contributed by atoms with van der Waals surface area (Å²) >= 11 is 0. The molecule has 0 N–H and O–H groups in total. The van der Waals surface area contributed by atoms with Gasteiger partial charge in [0.25, 0.3) is 0 Å². The molecule has 172 valence electrons. The Morgan fingerprint density at radius 2 is 1.94 bits per heavy atom. The minimum absolute atomic E-state index is 0.0412. The van der Waals surface area contributed by atoms with Crippen molar-refractivity contribution in [3.8, 4) is 0 Å². The molecule has 0 radical (unpaired) electrons. The van der Waals surface area contributed by atoms with Crippen molar-refractivity contribution in [3.63, 3.8) is 0 Å². The van der Waals surface area contributed by atoms with Crippen molar-refractivity contribution in [3.05, 3.63) is 42.0 Å². The summed E-state index contributed by atoms with van der Waals surface area (Å²) in [5.74, 6) is -1.45. The number of ether oxygens (including phenoxy) is 5. The molecule has 1 aromatic carbocycles. The zero-order valence-electron chi connectivity index (χ0n) is 18.5. The molecule has 7 atom stereocenters. The second kappa shape index (κ2) is 8.28. The molecule has 3 heterocycles. The predicted octanol–water partition coefficient (Wildman–Crippen LogP) is 3.12. The van der Waals surface area contributed by atoms with Crippen LogP contribution in [0.4, 0.5) is 0 Å². The van der Waals surface area contributed by atoms with E-state index in [2.05, 4.69) is 0 Å². The topological polar surface area (TPSA) is 83.6 Å². The van der Waals surface area contributed by atoms with Crippen molar-refractivity contribution in [2.75, 3.05) is 20.3 Å². The second-order valence-corrected chi connectivity index (χ2v) is 9.44. The summed E-state index contributed by atoms with van der Waals surface area (Å²) in [7, 11) is 1.42. The first-order chi connectivity index (χ1) is 15.5. The summed E-state index contributed by atoms with van der Waals surface area (Å²) in [6.07, 6.45) is 5.37. The number of carbonyl (C=O) groups excluding carboxylic acids is 2. The van der Waals surface area contributed by atoms with E-state index < -0.39 is 11.4 Å². The van der Waals surface area contributed by atoms with Gasteiger partial charge in [-0.2, -0.15) is 0 Å². The molecule has 1 aromatic rings. The maximum absolute atomic E-state index is 12.5. The molecule has 32 heavy (non-hydrogen) atoms. The Kier molecular flexibility index (Phi) is 5.60. The van der Waals surface area contributed by atoms with Crippen LogP contribution in [0.5, 0.6) is 0 Å². The lowest BCUT2D eigenvalue weighted by Crippen LogP contribution is -2.55. The van der Waals surface area contributed by atoms with Crippen molar-refractivity contribution in [1.29, 1.82) is 0 Å². The van der Waals surface area contributed by atoms with Crippen LogP contribution in [0.25, 0.3) is 6.08 Å². The van der Waals surface area contributed by atoms with Gasteiger partial charge in [-0.1, -0.05) is 37.3 Å². The molecule has 0 unspecified atom stereocenters. The number of rotatable bonds is 4. The van der Waals surface area contributed by atoms with Gasteiger partial charge in [-0.3, -0.25) is 4.79 Å². The summed E-state index contributed by atoms with van der Waals surface area (Å²) in [6.45, 7) is 3.01. The van der Waals surface area contributed by atoms with E-state index in [9.17, 15) is 9.59 Å². The molecule has 3 saturated heterocycles. The number of hydrogen-bond acceptors (Lipinski definition) is 7. The van der Waals surface area contributed by atoms with Crippen LogP contribution < -0.4 is 0 Å². The lowest BCUT2D eigenvalue weighted by atomic mass is 9.72. The molecule has 0 amide bonds. The Balaban J connectivity index is 1.29. The molecule has 1 saturated carbocycles. The molecular formula is C25H30O7. The fourth-order valence-corrected chi connectivity index (χ4v) is 5.66. The molecule has 0 bridgehead atoms. The highest BCUT2D eigenvalue weighted by Gasteiger charge is 2.76. The largest absolute Gasteiger partial charge is 0.469 e. The fourth-order valence-electron chi connectivity index (χ4n) is 5.66. The van der Waals surface area contributed by atoms with Gasteiger partial charge in [0.15, 0.2) is 5.60 Å². The summed E-state index contributed by atoms with van der Waals surface area (Å²) in [6, 6.07) is 9.64. The third-order valence-electron chi connectivity index (χ3n) is 7.53. The van der Waals surface area contributed by atoms with Crippen LogP contribution in [-0.2, 0) is 33.3 Å². The maximum atomic E-state index is 12.5. The molecule has 4 fully saturated rings. The van der Waals surface area contributed by atoms with Crippen LogP contribution in [0.2, 0.25) is 0 Å². The van der Waals surface area contributed by atoms with Crippen molar-refractivity contribution >= 4 is 18.0 Å². The van der Waals surface area contributed by atoms with Crippen molar-refractivity contribution in [1.82, 2.24) is 0 Å². The predicted molar refractivity (Wildman–Crippen MR) is 114 cm³/mol. The number of epoxide rings is 1. The van der Waals surface area contributed by atoms with E-state index >= 15 is 0 Å². The SMILES string of the molecule is COC(=O)[C@@H]1CC[C@@H]2[C@H](C1)O[C@]1(C[C@@H](OC(=O)C=Cc3ccccc3)[C@@H](C)CO1)[C@@]21CO1. The quantitative estimate of drug-likeness (QED) is 0.402. The van der Waals surface area contributed by atoms with Crippen molar-refractivity contribution < 1.29 is 33.3 Å². The van der Waals surface area contributed by atoms with Gasteiger partial charge >= 0.3 is 11.9 Å². The average molecular weight is 443 g/mol. The molecule has 4 aliphatic rings. The van der Waals surface area contributed by atoms with Gasteiger partial charge in [-0.15, -0.1) is 0 Å². The molecule has 3 aliphatic heterocycles. The number of benzene rings is 1. The highest BCUT2D eigenvalue weighted by molar-refractivity contribution is 5.87. The summed E-state index contributed by atoms with van der Waals surface area (Å²) in [5.41, 5.74) is 0.429. The molecular weight excluding hydrogens is 412 g/mol. The Bertz CT molecular complexity index is 893. The van der Waals surface area contributed by atoms with Gasteiger partial charge in [0.05, 0.1) is 32.3 Å². The van der Waals surface area contributed by atoms with Gasteiger partial charge in [0.2, 0.25) is 5.79 Å². The Morgan fingerprint density at radius 3 is 2.66 bits per heavy atom. The highest BCUT2D eigenvalue weighted by Crippen LogP contribution is 2.62. The van der Waals surface area contributed by atoms with Crippen molar-refractivity contribution in [2.45, 2.75) is 56.2 Å². The van der Waals surface area contributed by atoms with Crippen LogP contribution in [0.15, 0.2) is 36.4 Å². The average Bonchev–Trinajstić information content (AvgIpc) is 3.58. The second-order valence-electron chi connectivity index (χ2n) is 9.44. The lowest BCUT2D eigenvalue weighted by molar-refractivity contribution is -0.293. The van der Waals surface area contributed by atoms with Gasteiger partial charge in [-0.25, -0.2) is 4.79 Å². The number of hydrogen-bond donors (Lipinski definition) is 0. The summed E-state index contributed by atoms with van der Waals surface area (Å²) < 4.78 is 29.6. The first kappa shape index (κ1) is 21.6. The van der Waals surface area contributed by atoms with E-state index in [-0.39, 0.29) is 41.9 Å². The number of fused-ring (bicyclic) bond motifs is 3. The molecule has 7 nitrogen and oxygen atoms in total. The van der Waals surface area contributed by atoms with E-state index in [1.54, 1.807) is 6.08 Å². The van der Waals surface area contributed by atoms with Crippen LogP contribution in [0.3, 0.4) is 0 Å². The van der Waals surface area contributed by atoms with Crippen LogP contribution in [-0.4, -0.2) is 55.9 Å². The van der Waals surface area contributed by atoms with E-state index in [4.69, 9.17) is 23.7 Å². The number of carbonyl (C=O) groups is 2. The monoisotopic (exact) mass is 442 g/mol. The van der Waals surface area contributed by atoms with Gasteiger partial charge in [0.1, 0.15) is 6.10 Å². The molecule has 1 aliphatic carbocycles. The third kappa shape index (κ3) is 3.66. The summed E-state index contributed by atoms with van der Waals surface area (Å²) in [4.78, 5) is 24.6. The number of esters is 2. The van der Waals surface area contributed by atoms with Gasteiger partial charge < -0.3 is 23.7 Å². The molecule has 5 rings (SSSR count). The standard InChI is InChI=1S/C25H30O7/c1-16-14-29-25(13-21(16)31-22(26)11-8-17-6-4-3-5-7-17)24(15-30-24)19-10-9-18(23(27)28-2)12-20(19)32-25/h3-8,11,16,18-21H,9-10,12-15H2,1-2H3/t16-,18+,19+,20-,21+,24+,25+/m0/s1. The molecule has 2 spiro atoms. The Morgan fingerprint density at radius 1 is 1.16 bits per heavy atom. The van der Waals surface area contributed by atoms with Gasteiger partial charge in [0, 0.05) is 24.3 Å². The minimum Gasteiger partial charge on any atom is -0.469 e. The minimum atomic E-state index is -0.937. The summed E-state index contributed by atoms with van der Waals surface area (Å²) in [5, 5.41) is 0. The Labute approximate surface area is 188 Å². The van der Waals surface area contributed by atoms with Gasteiger partial charge in [-0.05, 0) is 30.9 Å². The smallest absolute Gasteiger partial charge is 0.331 e. The highest BCUT2D eigenvalue weighted by atomic mass is 16.8. The molecule has 0 aromatic heterocycles. The van der Waals surface area contributed by atoms with Crippen LogP contribution in [0, 0.1) is 17.8 Å². The first-order valence-electron chi connectivity index (χ1n) is 11.4. The zero-order valence-corrected chi connectivity index (χ0v) is 18.5. The van der Waals surface area contributed by atoms with E-state index in [1.807, 2.05) is 37.3 Å². The van der Waals surface area contributed by atoms with E-state index in [0.717, 1.165) is 18.4 Å². The van der Waals surface area contributed by atoms with E-state index in [1.165, 1.54) is 13.2 Å². The van der Waals surface area contributed by atoms with Crippen molar-refractivity contribution in [2.24, 2.45) is 17.8 Å². The normalized spacial score (nSPS) is 40.4. The zero-order chi connectivity index (χ0) is 22.3. The maximum Gasteiger partial charge on any atom is 0.331 e. The molecule has 7 heteroatoms. The lowest BCUT2D eigenvalue weighted by Gasteiger charge is -2.42. The first-order valence-corrected chi connectivity index (χ1v) is 11.4.